The van der Waals surface area contributed by atoms with Crippen molar-refractivity contribution < 1.29 is 9.09 Å². The van der Waals surface area contributed by atoms with Crippen LogP contribution in [-0.4, -0.2) is 6.61 Å². The Kier molecular flexibility index (Phi) is 4.55. The van der Waals surface area contributed by atoms with E-state index >= 15 is 0 Å². The fourth-order valence-electron chi connectivity index (χ4n) is 2.01. The van der Waals surface area contributed by atoms with Crippen LogP contribution in [-0.2, 0) is 9.09 Å². The Morgan fingerprint density at radius 3 is 2.24 bits per heavy atom. The van der Waals surface area contributed by atoms with Crippen LogP contribution in [0.1, 0.15) is 18.1 Å². The Bertz CT molecular complexity index is 773. The SMILES string of the molecule is CCOP(=O)(c1ccccc1)c1ccc(C#N)c(C#N)c1. The van der Waals surface area contributed by atoms with E-state index in [1.165, 1.54) is 12.1 Å². The molecule has 2 rings (SSSR count). The van der Waals surface area contributed by atoms with Gasteiger partial charge in [-0.15, -0.1) is 0 Å². The number of hydrogen-bond donors (Lipinski definition) is 0. The first-order chi connectivity index (χ1) is 10.2. The van der Waals surface area contributed by atoms with Gasteiger partial charge >= 0.3 is 0 Å². The molecule has 4 nitrogen and oxygen atoms in total. The normalized spacial score (nSPS) is 12.9. The number of hydrogen-bond acceptors (Lipinski definition) is 4. The number of nitrogens with zero attached hydrogens (tertiary/aromatic N) is 2. The minimum Gasteiger partial charge on any atom is -0.322 e. The summed E-state index contributed by atoms with van der Waals surface area (Å²) >= 11 is 0. The molecule has 0 radical (unpaired) electrons. The molecule has 0 heterocycles. The highest BCUT2D eigenvalue weighted by Gasteiger charge is 2.28. The van der Waals surface area contributed by atoms with Crippen LogP contribution < -0.4 is 10.6 Å². The van der Waals surface area contributed by atoms with Gasteiger partial charge in [0.2, 0.25) is 0 Å². The quantitative estimate of drug-likeness (QED) is 0.813. The highest BCUT2D eigenvalue weighted by molar-refractivity contribution is 7.74. The van der Waals surface area contributed by atoms with E-state index in [4.69, 9.17) is 15.0 Å². The van der Waals surface area contributed by atoms with E-state index in [1.807, 2.05) is 18.2 Å². The number of benzene rings is 2. The molecule has 0 amide bonds. The summed E-state index contributed by atoms with van der Waals surface area (Å²) in [6, 6.07) is 17.3. The highest BCUT2D eigenvalue weighted by atomic mass is 31.2. The van der Waals surface area contributed by atoms with Crippen molar-refractivity contribution in [2.24, 2.45) is 0 Å². The fraction of sp³-hybridized carbons (Fsp3) is 0.125. The van der Waals surface area contributed by atoms with Crippen molar-refractivity contribution in [3.8, 4) is 12.1 Å². The minimum absolute atomic E-state index is 0.200. The summed E-state index contributed by atoms with van der Waals surface area (Å²) in [5, 5.41) is 19.1. The summed E-state index contributed by atoms with van der Waals surface area (Å²) in [5.41, 5.74) is 0.461. The maximum Gasteiger partial charge on any atom is 0.261 e. The van der Waals surface area contributed by atoms with Crippen molar-refractivity contribution in [1.29, 1.82) is 10.5 Å². The Hall–Kier alpha value is -2.39. The number of nitriles is 2. The smallest absolute Gasteiger partial charge is 0.261 e. The van der Waals surface area contributed by atoms with Gasteiger partial charge in [0, 0.05) is 10.6 Å². The van der Waals surface area contributed by atoms with Crippen LogP contribution in [0.25, 0.3) is 0 Å². The van der Waals surface area contributed by atoms with E-state index in [0.29, 0.717) is 10.6 Å². The first kappa shape index (κ1) is 15.0. The Morgan fingerprint density at radius 1 is 1.00 bits per heavy atom. The van der Waals surface area contributed by atoms with Gasteiger partial charge < -0.3 is 4.52 Å². The average Bonchev–Trinajstić information content (AvgIpc) is 2.55. The molecule has 0 saturated heterocycles. The van der Waals surface area contributed by atoms with Crippen molar-refractivity contribution in [3.63, 3.8) is 0 Å². The zero-order valence-corrected chi connectivity index (χ0v) is 12.4. The summed E-state index contributed by atoms with van der Waals surface area (Å²) in [5.74, 6) is 0. The van der Waals surface area contributed by atoms with Crippen LogP contribution in [0.15, 0.2) is 48.5 Å². The molecule has 1 atom stereocenters. The monoisotopic (exact) mass is 296 g/mol. The third kappa shape index (κ3) is 2.88. The van der Waals surface area contributed by atoms with Gasteiger partial charge in [0.15, 0.2) is 0 Å². The van der Waals surface area contributed by atoms with Crippen LogP contribution >= 0.6 is 7.37 Å². The molecule has 0 aliphatic heterocycles. The molecule has 104 valence electrons. The summed E-state index contributed by atoms with van der Waals surface area (Å²) in [4.78, 5) is 0. The standard InChI is InChI=1S/C16H13N2O2P/c1-2-20-21(19,15-6-4-3-5-7-15)16-9-8-13(11-17)14(10-16)12-18/h3-10H,2H2,1H3. The van der Waals surface area contributed by atoms with E-state index < -0.39 is 7.37 Å². The molecule has 2 aromatic rings. The van der Waals surface area contributed by atoms with Gasteiger partial charge in [-0.3, -0.25) is 4.57 Å². The lowest BCUT2D eigenvalue weighted by molar-refractivity contribution is 0.348. The molecule has 0 aliphatic carbocycles. The first-order valence-corrected chi connectivity index (χ1v) is 8.03. The van der Waals surface area contributed by atoms with Gasteiger partial charge in [-0.05, 0) is 37.3 Å². The molecule has 0 saturated carbocycles. The summed E-state index contributed by atoms with van der Waals surface area (Å²) in [7, 11) is -3.26. The molecule has 0 aliphatic rings. The summed E-state index contributed by atoms with van der Waals surface area (Å²) < 4.78 is 18.8. The fourth-order valence-corrected chi connectivity index (χ4v) is 4.10. The molecule has 5 heteroatoms. The Balaban J connectivity index is 2.63. The van der Waals surface area contributed by atoms with Crippen molar-refractivity contribution in [1.82, 2.24) is 0 Å². The molecule has 0 N–H and O–H groups in total. The topological polar surface area (TPSA) is 73.9 Å². The molecule has 2 aromatic carbocycles. The van der Waals surface area contributed by atoms with Gasteiger partial charge in [0.05, 0.1) is 17.7 Å². The van der Waals surface area contributed by atoms with Crippen molar-refractivity contribution in [2.45, 2.75) is 6.92 Å². The largest absolute Gasteiger partial charge is 0.322 e. The highest BCUT2D eigenvalue weighted by Crippen LogP contribution is 2.44. The summed E-state index contributed by atoms with van der Waals surface area (Å²) in [6.07, 6.45) is 0. The first-order valence-electron chi connectivity index (χ1n) is 6.40. The lowest BCUT2D eigenvalue weighted by Crippen LogP contribution is -2.18. The second kappa shape index (κ2) is 6.37. The number of rotatable bonds is 4. The second-order valence-electron chi connectivity index (χ2n) is 4.26. The second-order valence-corrected chi connectivity index (χ2v) is 6.65. The van der Waals surface area contributed by atoms with Gasteiger partial charge in [-0.2, -0.15) is 10.5 Å². The van der Waals surface area contributed by atoms with Crippen molar-refractivity contribution in [3.05, 3.63) is 59.7 Å². The maximum absolute atomic E-state index is 13.3. The van der Waals surface area contributed by atoms with Gasteiger partial charge in [-0.25, -0.2) is 0 Å². The van der Waals surface area contributed by atoms with Gasteiger partial charge in [0.25, 0.3) is 7.37 Å². The van der Waals surface area contributed by atoms with E-state index in [2.05, 4.69) is 0 Å². The Morgan fingerprint density at radius 2 is 1.67 bits per heavy atom. The molecule has 0 fully saturated rings. The lowest BCUT2D eigenvalue weighted by Gasteiger charge is -2.18. The molecular weight excluding hydrogens is 283 g/mol. The van der Waals surface area contributed by atoms with E-state index in [0.717, 1.165) is 0 Å². The van der Waals surface area contributed by atoms with Crippen LogP contribution in [0.5, 0.6) is 0 Å². The molecule has 0 bridgehead atoms. The van der Waals surface area contributed by atoms with Crippen LogP contribution in [0.4, 0.5) is 0 Å². The maximum atomic E-state index is 13.3. The molecule has 1 unspecified atom stereocenters. The van der Waals surface area contributed by atoms with Crippen LogP contribution in [0.2, 0.25) is 0 Å². The van der Waals surface area contributed by atoms with E-state index in [9.17, 15) is 4.57 Å². The van der Waals surface area contributed by atoms with E-state index in [-0.39, 0.29) is 17.7 Å². The van der Waals surface area contributed by atoms with Crippen LogP contribution in [0, 0.1) is 22.7 Å². The Labute approximate surface area is 123 Å². The minimum atomic E-state index is -3.26. The third-order valence-corrected chi connectivity index (χ3v) is 5.55. The predicted molar refractivity (Wildman–Crippen MR) is 80.8 cm³/mol. The predicted octanol–water partition coefficient (Wildman–Crippen LogP) is 2.70. The van der Waals surface area contributed by atoms with Crippen LogP contribution in [0.3, 0.4) is 0 Å². The zero-order valence-electron chi connectivity index (χ0n) is 11.5. The molecule has 0 aromatic heterocycles. The van der Waals surface area contributed by atoms with Crippen molar-refractivity contribution in [2.75, 3.05) is 6.61 Å². The van der Waals surface area contributed by atoms with Gasteiger partial charge in [0.1, 0.15) is 12.1 Å². The molecular formula is C16H13N2O2P. The summed E-state index contributed by atoms with van der Waals surface area (Å²) in [6.45, 7) is 2.05. The average molecular weight is 296 g/mol. The van der Waals surface area contributed by atoms with E-state index in [1.54, 1.807) is 37.3 Å². The third-order valence-electron chi connectivity index (χ3n) is 2.99. The lowest BCUT2D eigenvalue weighted by atomic mass is 10.1. The molecule has 21 heavy (non-hydrogen) atoms. The van der Waals surface area contributed by atoms with Crippen molar-refractivity contribution >= 4 is 18.0 Å². The zero-order chi connectivity index (χ0) is 15.3. The van der Waals surface area contributed by atoms with Gasteiger partial charge in [-0.1, -0.05) is 18.2 Å². The molecule has 0 spiro atoms.